The summed E-state index contributed by atoms with van der Waals surface area (Å²) in [5.74, 6) is 1.24. The van der Waals surface area contributed by atoms with Gasteiger partial charge in [-0.2, -0.15) is 0 Å². The zero-order valence-corrected chi connectivity index (χ0v) is 15.4. The summed E-state index contributed by atoms with van der Waals surface area (Å²) >= 11 is 0. The lowest BCUT2D eigenvalue weighted by Gasteiger charge is -2.30. The highest BCUT2D eigenvalue weighted by atomic mass is 16.3. The van der Waals surface area contributed by atoms with Crippen LogP contribution in [0.1, 0.15) is 33.5 Å². The third-order valence-corrected chi connectivity index (χ3v) is 3.67. The fourth-order valence-electron chi connectivity index (χ4n) is 2.46. The maximum Gasteiger partial charge on any atom is 0.239 e. The van der Waals surface area contributed by atoms with E-state index in [0.29, 0.717) is 24.6 Å². The largest absolute Gasteiger partial charge is 0.467 e. The van der Waals surface area contributed by atoms with Crippen molar-refractivity contribution in [2.45, 2.75) is 46.3 Å². The first-order valence-corrected chi connectivity index (χ1v) is 8.43. The summed E-state index contributed by atoms with van der Waals surface area (Å²) in [6.07, 6.45) is 1.59. The van der Waals surface area contributed by atoms with Crippen LogP contribution in [0.2, 0.25) is 0 Å². The molecule has 136 valence electrons. The van der Waals surface area contributed by atoms with Crippen molar-refractivity contribution in [1.29, 1.82) is 0 Å². The number of rotatable bonds is 9. The van der Waals surface area contributed by atoms with Gasteiger partial charge in [0.05, 0.1) is 19.4 Å². The van der Waals surface area contributed by atoms with Gasteiger partial charge in [-0.25, -0.2) is 0 Å². The van der Waals surface area contributed by atoms with Gasteiger partial charge in [-0.1, -0.05) is 0 Å². The Morgan fingerprint density at radius 1 is 1.21 bits per heavy atom. The first kappa shape index (κ1) is 20.0. The van der Waals surface area contributed by atoms with Gasteiger partial charge in [0, 0.05) is 32.2 Å². The first-order valence-electron chi connectivity index (χ1n) is 8.43. The second-order valence-corrected chi connectivity index (χ2v) is 6.13. The molecule has 0 bridgehead atoms. The summed E-state index contributed by atoms with van der Waals surface area (Å²) in [6, 6.07) is 4.61. The van der Waals surface area contributed by atoms with Crippen LogP contribution in [-0.4, -0.2) is 55.5 Å². The second kappa shape index (κ2) is 10.7. The van der Waals surface area contributed by atoms with Crippen molar-refractivity contribution in [3.63, 3.8) is 0 Å². The van der Waals surface area contributed by atoms with Crippen LogP contribution in [0.15, 0.2) is 27.8 Å². The third-order valence-electron chi connectivity index (χ3n) is 3.67. The van der Waals surface area contributed by atoms with E-state index < -0.39 is 0 Å². The molecular weight excluding hydrogens is 306 g/mol. The molecule has 0 saturated carbocycles. The molecule has 1 heterocycles. The summed E-state index contributed by atoms with van der Waals surface area (Å²) in [5, 5.41) is 9.03. The minimum Gasteiger partial charge on any atom is -0.467 e. The number of hydrogen-bond donors (Lipinski definition) is 3. The molecule has 0 radical (unpaired) electrons. The number of aliphatic imine (C=N–C) groups is 1. The molecule has 0 spiro atoms. The molecular formula is C17H31N5O2. The lowest BCUT2D eigenvalue weighted by molar-refractivity contribution is -0.120. The number of guanidine groups is 1. The van der Waals surface area contributed by atoms with Gasteiger partial charge in [-0.3, -0.25) is 14.7 Å². The Labute approximate surface area is 144 Å². The van der Waals surface area contributed by atoms with Crippen LogP contribution < -0.4 is 16.0 Å². The quantitative estimate of drug-likeness (QED) is 0.466. The summed E-state index contributed by atoms with van der Waals surface area (Å²) < 4.78 is 5.17. The van der Waals surface area contributed by atoms with Gasteiger partial charge in [-0.15, -0.1) is 0 Å². The molecule has 3 N–H and O–H groups in total. The monoisotopic (exact) mass is 337 g/mol. The standard InChI is InChI=1S/C17H31N5O2/c1-13(2)22(14(3)4)9-8-19-17(18-5)21-12-16(23)20-11-15-7-6-10-24-15/h6-7,10,13-14H,8-9,11-12H2,1-5H3,(H,20,23)(H2,18,19,21). The van der Waals surface area contributed by atoms with Crippen LogP contribution in [0.5, 0.6) is 0 Å². The number of amides is 1. The van der Waals surface area contributed by atoms with Gasteiger partial charge in [0.1, 0.15) is 5.76 Å². The van der Waals surface area contributed by atoms with Crippen molar-refractivity contribution in [1.82, 2.24) is 20.9 Å². The van der Waals surface area contributed by atoms with Crippen molar-refractivity contribution in [2.24, 2.45) is 4.99 Å². The zero-order chi connectivity index (χ0) is 17.9. The normalized spacial score (nSPS) is 12.1. The maximum atomic E-state index is 11.8. The SMILES string of the molecule is CN=C(NCCN(C(C)C)C(C)C)NCC(=O)NCc1ccco1. The Hall–Kier alpha value is -2.02. The van der Waals surface area contributed by atoms with Gasteiger partial charge >= 0.3 is 0 Å². The van der Waals surface area contributed by atoms with Crippen LogP contribution in [0.4, 0.5) is 0 Å². The van der Waals surface area contributed by atoms with Gasteiger partial charge in [0.15, 0.2) is 5.96 Å². The predicted octanol–water partition coefficient (Wildman–Crippen LogP) is 1.18. The number of carbonyl (C=O) groups is 1. The van der Waals surface area contributed by atoms with E-state index in [9.17, 15) is 4.79 Å². The topological polar surface area (TPSA) is 81.9 Å². The molecule has 0 atom stereocenters. The Bertz CT molecular complexity index is 489. The molecule has 0 aliphatic carbocycles. The van der Waals surface area contributed by atoms with Crippen LogP contribution >= 0.6 is 0 Å². The van der Waals surface area contributed by atoms with E-state index in [2.05, 4.69) is 53.5 Å². The fourth-order valence-corrected chi connectivity index (χ4v) is 2.46. The van der Waals surface area contributed by atoms with E-state index in [1.54, 1.807) is 19.4 Å². The lowest BCUT2D eigenvalue weighted by Crippen LogP contribution is -2.47. The molecule has 0 saturated heterocycles. The number of carbonyl (C=O) groups excluding carboxylic acids is 1. The smallest absolute Gasteiger partial charge is 0.239 e. The lowest BCUT2D eigenvalue weighted by atomic mass is 10.2. The van der Waals surface area contributed by atoms with Gasteiger partial charge in [0.2, 0.25) is 5.91 Å². The Balaban J connectivity index is 2.25. The highest BCUT2D eigenvalue weighted by molar-refractivity contribution is 5.86. The van der Waals surface area contributed by atoms with Crippen LogP contribution in [0.3, 0.4) is 0 Å². The molecule has 0 aliphatic heterocycles. The van der Waals surface area contributed by atoms with E-state index in [0.717, 1.165) is 18.8 Å². The van der Waals surface area contributed by atoms with Gasteiger partial charge in [0.25, 0.3) is 0 Å². The molecule has 0 fully saturated rings. The van der Waals surface area contributed by atoms with Crippen molar-refractivity contribution in [2.75, 3.05) is 26.7 Å². The molecule has 0 aliphatic rings. The maximum absolute atomic E-state index is 11.8. The molecule has 1 aromatic heterocycles. The van der Waals surface area contributed by atoms with Crippen LogP contribution in [0, 0.1) is 0 Å². The van der Waals surface area contributed by atoms with E-state index >= 15 is 0 Å². The number of nitrogens with one attached hydrogen (secondary N) is 3. The van der Waals surface area contributed by atoms with E-state index in [4.69, 9.17) is 4.42 Å². The number of hydrogen-bond acceptors (Lipinski definition) is 4. The summed E-state index contributed by atoms with van der Waals surface area (Å²) in [5.41, 5.74) is 0. The van der Waals surface area contributed by atoms with E-state index in [1.165, 1.54) is 0 Å². The zero-order valence-electron chi connectivity index (χ0n) is 15.4. The minimum absolute atomic E-state index is 0.111. The molecule has 7 nitrogen and oxygen atoms in total. The van der Waals surface area contributed by atoms with Gasteiger partial charge < -0.3 is 20.4 Å². The first-order chi connectivity index (χ1) is 11.4. The fraction of sp³-hybridized carbons (Fsp3) is 0.647. The van der Waals surface area contributed by atoms with E-state index in [-0.39, 0.29) is 12.5 Å². The van der Waals surface area contributed by atoms with Crippen molar-refractivity contribution in [3.8, 4) is 0 Å². The summed E-state index contributed by atoms with van der Waals surface area (Å²) in [6.45, 7) is 11.0. The molecule has 1 amide bonds. The average Bonchev–Trinajstić information content (AvgIpc) is 3.04. The Morgan fingerprint density at radius 2 is 1.92 bits per heavy atom. The van der Waals surface area contributed by atoms with E-state index in [1.807, 2.05) is 6.07 Å². The second-order valence-electron chi connectivity index (χ2n) is 6.13. The molecule has 0 unspecified atom stereocenters. The Kier molecular flexibility index (Phi) is 8.93. The average molecular weight is 337 g/mol. The van der Waals surface area contributed by atoms with Crippen LogP contribution in [-0.2, 0) is 11.3 Å². The number of furan rings is 1. The minimum atomic E-state index is -0.111. The Morgan fingerprint density at radius 3 is 2.46 bits per heavy atom. The molecule has 7 heteroatoms. The molecule has 24 heavy (non-hydrogen) atoms. The summed E-state index contributed by atoms with van der Waals surface area (Å²) in [7, 11) is 1.69. The van der Waals surface area contributed by atoms with Gasteiger partial charge in [-0.05, 0) is 39.8 Å². The predicted molar refractivity (Wildman–Crippen MR) is 96.9 cm³/mol. The molecule has 0 aromatic carbocycles. The molecule has 1 aromatic rings. The van der Waals surface area contributed by atoms with Crippen molar-refractivity contribution in [3.05, 3.63) is 24.2 Å². The number of nitrogens with zero attached hydrogens (tertiary/aromatic N) is 2. The van der Waals surface area contributed by atoms with Crippen LogP contribution in [0.25, 0.3) is 0 Å². The highest BCUT2D eigenvalue weighted by Crippen LogP contribution is 2.03. The van der Waals surface area contributed by atoms with Crippen molar-refractivity contribution >= 4 is 11.9 Å². The highest BCUT2D eigenvalue weighted by Gasteiger charge is 2.12. The molecule has 1 rings (SSSR count). The summed E-state index contributed by atoms with van der Waals surface area (Å²) in [4.78, 5) is 18.3. The third kappa shape index (κ3) is 7.50. The van der Waals surface area contributed by atoms with Crippen molar-refractivity contribution < 1.29 is 9.21 Å².